The summed E-state index contributed by atoms with van der Waals surface area (Å²) >= 11 is 0. The average molecular weight is 1670 g/mol. The number of amides is 1. The lowest BCUT2D eigenvalue weighted by Crippen LogP contribution is -2.37. The maximum Gasteiger partial charge on any atom is 0.410 e. The number of rotatable bonds is 20. The maximum absolute atomic E-state index is 13.2. The molecule has 12 aromatic carbocycles. The molecular weight excluding hydrogens is 1590 g/mol. The van der Waals surface area contributed by atoms with E-state index in [0.717, 1.165) is 128 Å². The van der Waals surface area contributed by atoms with E-state index in [4.69, 9.17) is 43.6 Å². The number of nitrogens with one attached hydrogen (secondary N) is 2. The summed E-state index contributed by atoms with van der Waals surface area (Å²) < 4.78 is 89.9. The molecule has 628 valence electrons. The van der Waals surface area contributed by atoms with Gasteiger partial charge in [0, 0.05) is 42.3 Å². The normalized spacial score (nSPS) is 13.4. The number of aromatic nitrogens is 15. The van der Waals surface area contributed by atoms with Crippen molar-refractivity contribution in [3.63, 3.8) is 0 Å². The highest BCUT2D eigenvalue weighted by atomic mass is 19.1. The number of hydrogen-bond donors (Lipinski definition) is 2. The minimum Gasteiger partial charge on any atom is -0.457 e. The number of carbonyl (C=O) groups is 1. The Labute approximate surface area is 717 Å². The van der Waals surface area contributed by atoms with Crippen molar-refractivity contribution in [3.05, 3.63) is 355 Å². The molecule has 18 aromatic rings. The highest BCUT2D eigenvalue weighted by Crippen LogP contribution is 2.39. The molecule has 0 aliphatic carbocycles. The molecule has 125 heavy (non-hydrogen) atoms. The molecule has 0 spiro atoms. The third-order valence-electron chi connectivity index (χ3n) is 21.0. The fourth-order valence-corrected chi connectivity index (χ4v) is 15.3. The van der Waals surface area contributed by atoms with Crippen LogP contribution in [0.2, 0.25) is 0 Å². The number of aryl methyl sites for hydroxylation is 1. The molecule has 20 rings (SSSR count). The average Bonchev–Trinajstić information content (AvgIpc) is 1.62. The fourth-order valence-electron chi connectivity index (χ4n) is 15.3. The van der Waals surface area contributed by atoms with Gasteiger partial charge in [0.05, 0.1) is 63.0 Å². The predicted octanol–water partition coefficient (Wildman–Crippen LogP) is 22.0. The van der Waals surface area contributed by atoms with E-state index in [0.29, 0.717) is 71.3 Å². The zero-order valence-corrected chi connectivity index (χ0v) is 68.9. The molecule has 1 atom stereocenters. The molecule has 6 aromatic heterocycles. The Morgan fingerprint density at radius 1 is 0.392 bits per heavy atom. The van der Waals surface area contributed by atoms with Gasteiger partial charge in [0.1, 0.15) is 104 Å². The van der Waals surface area contributed by atoms with Crippen LogP contribution in [-0.4, -0.2) is 122 Å². The molecule has 23 nitrogen and oxygen atoms in total. The summed E-state index contributed by atoms with van der Waals surface area (Å²) in [5, 5.41) is 21.3. The van der Waals surface area contributed by atoms with E-state index in [2.05, 4.69) is 89.3 Å². The van der Waals surface area contributed by atoms with Crippen molar-refractivity contribution in [3.8, 4) is 68.7 Å². The van der Waals surface area contributed by atoms with Crippen LogP contribution in [0, 0.1) is 30.2 Å². The first-order valence-corrected chi connectivity index (χ1v) is 41.3. The SMILES string of the molecule is CC(C)(C)OC(=O)N1CCC[C@H]1c1nc2ccccc2n1-c1ccc(Oc2ccc(F)cc2)cc1.Cc1nc(Cc2nc3ccccc3n2-c2ccc(Oc3ccc(F)cc3)cc2)n[nH]1.Fc1ccc(Oc2ccc(-n3c(CCN4CCCCC4)nc4ccccc43)cc2)cc1.Fc1ccc(Oc2ccc(-n3c(Cc4nn[nH]n4)nc4ccccc43)cc2)cc1. The Hall–Kier alpha value is -15.1. The van der Waals surface area contributed by atoms with Crippen LogP contribution in [-0.2, 0) is 24.0 Å². The summed E-state index contributed by atoms with van der Waals surface area (Å²) in [5.74, 6) is 9.43. The molecule has 2 fully saturated rings. The fraction of sp³-hybridized carbons (Fsp3) is 0.184. The summed E-state index contributed by atoms with van der Waals surface area (Å²) in [6, 6.07) is 86.8. The lowest BCUT2D eigenvalue weighted by molar-refractivity contribution is 0.0217. The molecule has 2 aliphatic rings. The molecule has 0 radical (unpaired) electrons. The van der Waals surface area contributed by atoms with Crippen LogP contribution < -0.4 is 18.9 Å². The molecule has 0 bridgehead atoms. The lowest BCUT2D eigenvalue weighted by atomic mass is 10.1. The summed E-state index contributed by atoms with van der Waals surface area (Å²) in [6.07, 6.45) is 7.20. The first-order chi connectivity index (χ1) is 61.0. The Morgan fingerprint density at radius 2 is 0.744 bits per heavy atom. The van der Waals surface area contributed by atoms with Crippen LogP contribution in [0.3, 0.4) is 0 Å². The smallest absolute Gasteiger partial charge is 0.410 e. The largest absolute Gasteiger partial charge is 0.457 e. The molecule has 2 N–H and O–H groups in total. The van der Waals surface area contributed by atoms with E-state index in [1.165, 1.54) is 80.9 Å². The first-order valence-electron chi connectivity index (χ1n) is 41.3. The Morgan fingerprint density at radius 3 is 1.12 bits per heavy atom. The Kier molecular flexibility index (Phi) is 24.6. The number of likely N-dealkylation sites (tertiary alicyclic amines) is 2. The summed E-state index contributed by atoms with van der Waals surface area (Å²) in [4.78, 5) is 41.1. The van der Waals surface area contributed by atoms with Crippen LogP contribution in [0.5, 0.6) is 46.0 Å². The minimum absolute atomic E-state index is 0.188. The summed E-state index contributed by atoms with van der Waals surface area (Å²) in [6.45, 7) is 11.6. The number of fused-ring (bicyclic) bond motifs is 4. The second-order valence-corrected chi connectivity index (χ2v) is 31.1. The van der Waals surface area contributed by atoms with E-state index >= 15 is 0 Å². The Bertz CT molecular complexity index is 6650. The van der Waals surface area contributed by atoms with Crippen LogP contribution in [0.15, 0.2) is 291 Å². The van der Waals surface area contributed by atoms with Gasteiger partial charge in [-0.25, -0.2) is 47.3 Å². The zero-order valence-electron chi connectivity index (χ0n) is 68.9. The number of nitrogens with zero attached hydrogens (tertiary/aromatic N) is 15. The standard InChI is InChI=1S/C28H28FN3O3.C26H26FN3O.C23H18FN5O.C21H15FN6O/c1-28(2,3)35-27(33)31-18-6-9-25(31)26-30-23-7-4-5-8-24(23)32(26)20-12-16-22(17-13-20)34-21-14-10-19(29)11-15-21;27-20-8-12-22(13-9-20)31-23-14-10-21(11-15-23)30-25-7-3-2-6-24(25)28-26(30)16-19-29-17-4-1-5-18-29;1-15-25-22(28-27-15)14-23-26-20-4-2-3-5-21(20)29(23)17-8-12-19(13-9-17)30-18-10-6-16(24)7-11-18;22-14-5-9-16(10-6-14)29-17-11-7-15(8-12-17)28-19-4-2-1-3-18(19)23-21(28)13-20-24-26-27-25-20/h4-5,7-8,10-17,25H,6,9,18H2,1-3H3;2-3,6-15H,1,4-5,16-19H2;2-13H,14H2,1H3,(H,25,27,28);1-12H,13H2,(H,24,25,26,27)/t25-;;;/m0.../s1. The monoisotopic (exact) mass is 1670 g/mol. The topological polar surface area (TPSA) is 237 Å². The van der Waals surface area contributed by atoms with E-state index < -0.39 is 5.60 Å². The molecule has 0 saturated carbocycles. The van der Waals surface area contributed by atoms with Gasteiger partial charge < -0.3 is 28.6 Å². The van der Waals surface area contributed by atoms with Gasteiger partial charge in [-0.05, 0) is 309 Å². The number of H-pyrrole nitrogens is 2. The molecule has 2 aliphatic heterocycles. The molecule has 0 unspecified atom stereocenters. The van der Waals surface area contributed by atoms with Gasteiger partial charge in [0.2, 0.25) is 0 Å². The van der Waals surface area contributed by atoms with Gasteiger partial charge in [0.15, 0.2) is 11.6 Å². The number of carbonyl (C=O) groups excluding carboxylic acids is 1. The number of imidazole rings is 4. The van der Waals surface area contributed by atoms with Crippen molar-refractivity contribution in [1.82, 2.24) is 83.8 Å². The van der Waals surface area contributed by atoms with Crippen LogP contribution in [0.4, 0.5) is 22.4 Å². The zero-order chi connectivity index (χ0) is 85.8. The van der Waals surface area contributed by atoms with E-state index in [1.54, 1.807) is 53.4 Å². The molecular formula is C98H87F4N17O6. The van der Waals surface area contributed by atoms with E-state index in [1.807, 2.05) is 191 Å². The number of benzene rings is 12. The van der Waals surface area contributed by atoms with E-state index in [-0.39, 0.29) is 35.4 Å². The number of aromatic amines is 2. The third-order valence-corrected chi connectivity index (χ3v) is 21.0. The van der Waals surface area contributed by atoms with Crippen molar-refractivity contribution in [1.29, 1.82) is 0 Å². The number of para-hydroxylation sites is 8. The number of tetrazole rings is 1. The van der Waals surface area contributed by atoms with Crippen molar-refractivity contribution < 1.29 is 46.0 Å². The highest BCUT2D eigenvalue weighted by molar-refractivity contribution is 5.82. The number of halogens is 4. The number of ether oxygens (including phenoxy) is 5. The summed E-state index contributed by atoms with van der Waals surface area (Å²) in [7, 11) is 0. The van der Waals surface area contributed by atoms with Crippen molar-refractivity contribution >= 4 is 50.2 Å². The first kappa shape index (κ1) is 82.2. The maximum atomic E-state index is 13.2. The summed E-state index contributed by atoms with van der Waals surface area (Å²) in [5.41, 5.74) is 11.0. The van der Waals surface area contributed by atoms with Gasteiger partial charge in [-0.1, -0.05) is 60.2 Å². The molecule has 8 heterocycles. The number of hydrogen-bond acceptors (Lipinski definition) is 16. The van der Waals surface area contributed by atoms with Crippen LogP contribution in [0.1, 0.15) is 99.7 Å². The van der Waals surface area contributed by atoms with Gasteiger partial charge in [-0.3, -0.25) is 28.3 Å². The van der Waals surface area contributed by atoms with Gasteiger partial charge in [-0.2, -0.15) is 10.3 Å². The van der Waals surface area contributed by atoms with Gasteiger partial charge in [-0.15, -0.1) is 10.2 Å². The molecule has 1 amide bonds. The van der Waals surface area contributed by atoms with E-state index in [9.17, 15) is 22.4 Å². The van der Waals surface area contributed by atoms with Crippen molar-refractivity contribution in [2.75, 3.05) is 26.2 Å². The minimum atomic E-state index is -0.565. The van der Waals surface area contributed by atoms with Crippen molar-refractivity contribution in [2.45, 2.75) is 90.7 Å². The number of piperidine rings is 1. The quantitative estimate of drug-likeness (QED) is 0.0675. The van der Waals surface area contributed by atoms with Crippen molar-refractivity contribution in [2.24, 2.45) is 0 Å². The van der Waals surface area contributed by atoms with Crippen LogP contribution in [0.25, 0.3) is 66.9 Å². The molecule has 27 heteroatoms. The van der Waals surface area contributed by atoms with Crippen LogP contribution >= 0.6 is 0 Å². The Balaban J connectivity index is 0.000000118. The predicted molar refractivity (Wildman–Crippen MR) is 470 cm³/mol. The highest BCUT2D eigenvalue weighted by Gasteiger charge is 2.37. The molecule has 2 saturated heterocycles. The third kappa shape index (κ3) is 20.1. The van der Waals surface area contributed by atoms with Gasteiger partial charge >= 0.3 is 6.09 Å². The lowest BCUT2D eigenvalue weighted by Gasteiger charge is -2.28. The second-order valence-electron chi connectivity index (χ2n) is 31.1. The second kappa shape index (κ2) is 37.5. The van der Waals surface area contributed by atoms with Gasteiger partial charge in [0.25, 0.3) is 0 Å².